The molecule has 1 unspecified atom stereocenters. The van der Waals surface area contributed by atoms with Crippen LogP contribution in [-0.2, 0) is 4.79 Å². The molecule has 0 aromatic carbocycles. The van der Waals surface area contributed by atoms with Crippen molar-refractivity contribution in [3.63, 3.8) is 0 Å². The minimum atomic E-state index is -0.0770. The molecule has 3 heteroatoms. The monoisotopic (exact) mass is 158 g/mol. The van der Waals surface area contributed by atoms with Gasteiger partial charge in [0.2, 0.25) is 5.91 Å². The fourth-order valence-electron chi connectivity index (χ4n) is 0.673. The summed E-state index contributed by atoms with van der Waals surface area (Å²) in [6.07, 6.45) is 2.18. The number of unbranched alkanes of at least 4 members (excludes halogenated alkanes) is 1. The average Bonchev–Trinajstić information content (AvgIpc) is 2.03. The van der Waals surface area contributed by atoms with Crippen molar-refractivity contribution in [2.24, 2.45) is 0 Å². The summed E-state index contributed by atoms with van der Waals surface area (Å²) >= 11 is 0. The molecule has 1 atom stereocenters. The van der Waals surface area contributed by atoms with Crippen molar-refractivity contribution < 1.29 is 4.79 Å². The average molecular weight is 158 g/mol. The molecule has 0 aliphatic rings. The number of hydrogen-bond acceptors (Lipinski definition) is 2. The van der Waals surface area contributed by atoms with Gasteiger partial charge in [0, 0.05) is 6.54 Å². The Morgan fingerprint density at radius 1 is 1.55 bits per heavy atom. The molecular weight excluding hydrogens is 140 g/mol. The van der Waals surface area contributed by atoms with Gasteiger partial charge in [0.25, 0.3) is 0 Å². The minimum Gasteiger partial charge on any atom is -0.355 e. The minimum absolute atomic E-state index is 0.0770. The molecule has 2 N–H and O–H groups in total. The van der Waals surface area contributed by atoms with Crippen molar-refractivity contribution in [1.29, 1.82) is 0 Å². The number of nitrogens with one attached hydrogen (secondary N) is 2. The predicted octanol–water partition coefficient (Wildman–Crippen LogP) is 0.511. The first-order valence-electron chi connectivity index (χ1n) is 4.17. The highest BCUT2D eigenvalue weighted by Crippen LogP contribution is 1.84. The molecule has 1 amide bonds. The summed E-state index contributed by atoms with van der Waals surface area (Å²) in [6.45, 7) is 4.75. The molecule has 0 aliphatic carbocycles. The molecule has 0 bridgehead atoms. The van der Waals surface area contributed by atoms with Gasteiger partial charge in [-0.25, -0.2) is 0 Å². The van der Waals surface area contributed by atoms with Gasteiger partial charge >= 0.3 is 0 Å². The first-order valence-corrected chi connectivity index (χ1v) is 4.17. The number of carbonyl (C=O) groups excluding carboxylic acids is 1. The summed E-state index contributed by atoms with van der Waals surface area (Å²) in [6, 6.07) is -0.0770. The van der Waals surface area contributed by atoms with E-state index in [9.17, 15) is 4.79 Å². The SMILES string of the molecule is CCCCNC(=O)C(C)NC. The van der Waals surface area contributed by atoms with E-state index >= 15 is 0 Å². The summed E-state index contributed by atoms with van der Waals surface area (Å²) in [5.41, 5.74) is 0. The van der Waals surface area contributed by atoms with Gasteiger partial charge in [-0.1, -0.05) is 13.3 Å². The molecule has 0 fully saturated rings. The second-order valence-electron chi connectivity index (χ2n) is 2.65. The van der Waals surface area contributed by atoms with E-state index in [0.29, 0.717) is 0 Å². The molecule has 0 aromatic rings. The van der Waals surface area contributed by atoms with Crippen molar-refractivity contribution in [2.45, 2.75) is 32.7 Å². The van der Waals surface area contributed by atoms with E-state index in [4.69, 9.17) is 0 Å². The highest BCUT2D eigenvalue weighted by atomic mass is 16.2. The zero-order valence-electron chi connectivity index (χ0n) is 7.61. The van der Waals surface area contributed by atoms with Crippen LogP contribution in [0.25, 0.3) is 0 Å². The Balaban J connectivity index is 3.36. The van der Waals surface area contributed by atoms with Gasteiger partial charge in [0.15, 0.2) is 0 Å². The first-order chi connectivity index (χ1) is 5.22. The van der Waals surface area contributed by atoms with Crippen molar-refractivity contribution in [2.75, 3.05) is 13.6 Å². The third-order valence-corrected chi connectivity index (χ3v) is 1.66. The molecule has 0 saturated carbocycles. The summed E-state index contributed by atoms with van der Waals surface area (Å²) in [4.78, 5) is 11.1. The Morgan fingerprint density at radius 2 is 2.18 bits per heavy atom. The number of amides is 1. The Bertz CT molecular complexity index is 115. The Labute approximate surface area is 68.6 Å². The van der Waals surface area contributed by atoms with Crippen LogP contribution < -0.4 is 10.6 Å². The quantitative estimate of drug-likeness (QED) is 0.572. The predicted molar refractivity (Wildman–Crippen MR) is 46.4 cm³/mol. The number of carbonyl (C=O) groups is 1. The molecule has 0 spiro atoms. The molecule has 0 aromatic heterocycles. The Morgan fingerprint density at radius 3 is 2.64 bits per heavy atom. The maximum absolute atomic E-state index is 11.1. The van der Waals surface area contributed by atoms with E-state index in [1.165, 1.54) is 0 Å². The highest BCUT2D eigenvalue weighted by molar-refractivity contribution is 5.81. The lowest BCUT2D eigenvalue weighted by Crippen LogP contribution is -2.40. The van der Waals surface area contributed by atoms with Crippen molar-refractivity contribution in [3.8, 4) is 0 Å². The largest absolute Gasteiger partial charge is 0.355 e. The van der Waals surface area contributed by atoms with Crippen LogP contribution in [0.2, 0.25) is 0 Å². The van der Waals surface area contributed by atoms with Gasteiger partial charge in [-0.05, 0) is 20.4 Å². The maximum atomic E-state index is 11.1. The maximum Gasteiger partial charge on any atom is 0.236 e. The summed E-state index contributed by atoms with van der Waals surface area (Å²) in [7, 11) is 1.78. The molecule has 66 valence electrons. The molecule has 0 aliphatic heterocycles. The van der Waals surface area contributed by atoms with E-state index in [1.54, 1.807) is 7.05 Å². The lowest BCUT2D eigenvalue weighted by Gasteiger charge is -2.09. The van der Waals surface area contributed by atoms with E-state index in [1.807, 2.05) is 6.92 Å². The normalized spacial score (nSPS) is 12.6. The van der Waals surface area contributed by atoms with Crippen molar-refractivity contribution in [1.82, 2.24) is 10.6 Å². The smallest absolute Gasteiger partial charge is 0.236 e. The van der Waals surface area contributed by atoms with Gasteiger partial charge in [-0.3, -0.25) is 4.79 Å². The zero-order valence-corrected chi connectivity index (χ0v) is 7.61. The van der Waals surface area contributed by atoms with E-state index in [0.717, 1.165) is 19.4 Å². The molecule has 3 nitrogen and oxygen atoms in total. The van der Waals surface area contributed by atoms with Crippen LogP contribution in [0, 0.1) is 0 Å². The van der Waals surface area contributed by atoms with E-state index < -0.39 is 0 Å². The van der Waals surface area contributed by atoms with Gasteiger partial charge in [0.1, 0.15) is 0 Å². The molecule has 0 radical (unpaired) electrons. The topological polar surface area (TPSA) is 41.1 Å². The Kier molecular flexibility index (Phi) is 5.84. The van der Waals surface area contributed by atoms with Crippen molar-refractivity contribution >= 4 is 5.91 Å². The van der Waals surface area contributed by atoms with Crippen LogP contribution in [0.4, 0.5) is 0 Å². The van der Waals surface area contributed by atoms with Gasteiger partial charge < -0.3 is 10.6 Å². The van der Waals surface area contributed by atoms with Crippen LogP contribution >= 0.6 is 0 Å². The molecule has 11 heavy (non-hydrogen) atoms. The van der Waals surface area contributed by atoms with E-state index in [2.05, 4.69) is 17.6 Å². The molecular formula is C8H18N2O. The third kappa shape index (κ3) is 4.79. The lowest BCUT2D eigenvalue weighted by atomic mass is 10.3. The van der Waals surface area contributed by atoms with Crippen LogP contribution in [0.3, 0.4) is 0 Å². The summed E-state index contributed by atoms with van der Waals surface area (Å²) in [5.74, 6) is 0.0842. The van der Waals surface area contributed by atoms with Crippen LogP contribution in [0.1, 0.15) is 26.7 Å². The Hall–Kier alpha value is -0.570. The van der Waals surface area contributed by atoms with Gasteiger partial charge in [-0.15, -0.1) is 0 Å². The van der Waals surface area contributed by atoms with Crippen LogP contribution in [0.15, 0.2) is 0 Å². The fraction of sp³-hybridized carbons (Fsp3) is 0.875. The summed E-state index contributed by atoms with van der Waals surface area (Å²) in [5, 5.41) is 5.71. The van der Waals surface area contributed by atoms with E-state index in [-0.39, 0.29) is 11.9 Å². The molecule has 0 heterocycles. The fourth-order valence-corrected chi connectivity index (χ4v) is 0.673. The first kappa shape index (κ1) is 10.4. The zero-order chi connectivity index (χ0) is 8.69. The van der Waals surface area contributed by atoms with Crippen molar-refractivity contribution in [3.05, 3.63) is 0 Å². The van der Waals surface area contributed by atoms with Crippen LogP contribution in [-0.4, -0.2) is 25.5 Å². The summed E-state index contributed by atoms with van der Waals surface area (Å²) < 4.78 is 0. The second-order valence-corrected chi connectivity index (χ2v) is 2.65. The van der Waals surface area contributed by atoms with Gasteiger partial charge in [0.05, 0.1) is 6.04 Å². The lowest BCUT2D eigenvalue weighted by molar-refractivity contribution is -0.122. The van der Waals surface area contributed by atoms with Gasteiger partial charge in [-0.2, -0.15) is 0 Å². The number of rotatable bonds is 5. The molecule has 0 saturated heterocycles. The second kappa shape index (κ2) is 6.16. The van der Waals surface area contributed by atoms with Crippen LogP contribution in [0.5, 0.6) is 0 Å². The highest BCUT2D eigenvalue weighted by Gasteiger charge is 2.07. The third-order valence-electron chi connectivity index (χ3n) is 1.66. The standard InChI is InChI=1S/C8H18N2O/c1-4-5-6-10-8(11)7(2)9-3/h7,9H,4-6H2,1-3H3,(H,10,11). The molecule has 0 rings (SSSR count). The number of likely N-dealkylation sites (N-methyl/N-ethyl adjacent to an activating group) is 1. The number of hydrogen-bond donors (Lipinski definition) is 2.